The van der Waals surface area contributed by atoms with Gasteiger partial charge in [-0.1, -0.05) is 6.42 Å². The van der Waals surface area contributed by atoms with Gasteiger partial charge < -0.3 is 15.7 Å². The van der Waals surface area contributed by atoms with E-state index in [0.29, 0.717) is 13.0 Å². The lowest BCUT2D eigenvalue weighted by Gasteiger charge is -2.23. The van der Waals surface area contributed by atoms with Crippen molar-refractivity contribution in [1.82, 2.24) is 10.6 Å². The quantitative estimate of drug-likeness (QED) is 0.659. The van der Waals surface area contributed by atoms with E-state index in [-0.39, 0.29) is 0 Å². The maximum atomic E-state index is 11.9. The maximum Gasteiger partial charge on any atom is 0.416 e. The predicted octanol–water partition coefficient (Wildman–Crippen LogP) is 0.168. The van der Waals surface area contributed by atoms with Crippen LogP contribution in [0.4, 0.5) is 13.2 Å². The number of aliphatic hydroxyl groups excluding tert-OH is 1. The fourth-order valence-corrected chi connectivity index (χ4v) is 1.51. The number of amides is 1. The number of carbonyl (C=O) groups excluding carboxylic acids is 1. The van der Waals surface area contributed by atoms with E-state index >= 15 is 0 Å². The third-order valence-electron chi connectivity index (χ3n) is 2.47. The lowest BCUT2D eigenvalue weighted by molar-refractivity contribution is -0.201. The van der Waals surface area contributed by atoms with Gasteiger partial charge in [-0.2, -0.15) is 13.2 Å². The van der Waals surface area contributed by atoms with Crippen LogP contribution < -0.4 is 10.6 Å². The smallest absolute Gasteiger partial charge is 0.382 e. The maximum absolute atomic E-state index is 11.9. The summed E-state index contributed by atoms with van der Waals surface area (Å²) in [5, 5.41) is 13.7. The van der Waals surface area contributed by atoms with Gasteiger partial charge in [0.1, 0.15) is 0 Å². The van der Waals surface area contributed by atoms with Gasteiger partial charge in [0.05, 0.1) is 12.6 Å². The van der Waals surface area contributed by atoms with Gasteiger partial charge in [0.2, 0.25) is 5.91 Å². The summed E-state index contributed by atoms with van der Waals surface area (Å²) < 4.78 is 35.8. The number of alkyl halides is 3. The Balaban J connectivity index is 2.29. The summed E-state index contributed by atoms with van der Waals surface area (Å²) in [6.45, 7) is -0.0968. The molecular weight excluding hydrogens is 225 g/mol. The van der Waals surface area contributed by atoms with Crippen molar-refractivity contribution in [1.29, 1.82) is 0 Å². The molecule has 1 aliphatic heterocycles. The minimum Gasteiger partial charge on any atom is -0.382 e. The van der Waals surface area contributed by atoms with E-state index in [0.717, 1.165) is 12.8 Å². The molecule has 0 aliphatic carbocycles. The molecule has 1 aliphatic rings. The first-order valence-corrected chi connectivity index (χ1v) is 5.17. The molecule has 2 atom stereocenters. The van der Waals surface area contributed by atoms with Crippen molar-refractivity contribution in [3.05, 3.63) is 0 Å². The third kappa shape index (κ3) is 3.97. The second kappa shape index (κ2) is 5.49. The van der Waals surface area contributed by atoms with Crippen LogP contribution >= 0.6 is 0 Å². The number of rotatable bonds is 3. The Hall–Kier alpha value is -0.820. The van der Waals surface area contributed by atoms with Crippen LogP contribution in [0.1, 0.15) is 19.3 Å². The number of piperidine rings is 1. The molecule has 0 saturated carbocycles. The first kappa shape index (κ1) is 13.2. The van der Waals surface area contributed by atoms with Crippen molar-refractivity contribution in [3.8, 4) is 0 Å². The van der Waals surface area contributed by atoms with Crippen LogP contribution in [0.5, 0.6) is 0 Å². The Morgan fingerprint density at radius 2 is 2.19 bits per heavy atom. The zero-order valence-electron chi connectivity index (χ0n) is 8.68. The predicted molar refractivity (Wildman–Crippen MR) is 50.7 cm³/mol. The number of carbonyl (C=O) groups is 1. The van der Waals surface area contributed by atoms with Crippen LogP contribution in [-0.2, 0) is 4.79 Å². The Morgan fingerprint density at radius 1 is 1.50 bits per heavy atom. The minimum absolute atomic E-state index is 0.436. The summed E-state index contributed by atoms with van der Waals surface area (Å²) in [6.07, 6.45) is -4.72. The summed E-state index contributed by atoms with van der Waals surface area (Å²) in [5.41, 5.74) is 0. The van der Waals surface area contributed by atoms with Crippen LogP contribution in [0.15, 0.2) is 0 Å². The summed E-state index contributed by atoms with van der Waals surface area (Å²) in [7, 11) is 0. The van der Waals surface area contributed by atoms with E-state index < -0.39 is 30.8 Å². The summed E-state index contributed by atoms with van der Waals surface area (Å²) >= 11 is 0. The highest BCUT2D eigenvalue weighted by Crippen LogP contribution is 2.19. The Bertz CT molecular complexity index is 239. The molecule has 94 valence electrons. The molecule has 3 N–H and O–H groups in total. The van der Waals surface area contributed by atoms with Crippen LogP contribution in [0.25, 0.3) is 0 Å². The standard InChI is InChI=1S/C9H15F3N2O2/c10-9(11,12)7(15)5-14-8(16)6-3-1-2-4-13-6/h6-7,13,15H,1-5H2,(H,14,16)/t6-,7?/m0/s1. The molecule has 1 rings (SSSR count). The molecule has 0 aromatic heterocycles. The summed E-state index contributed by atoms with van der Waals surface area (Å²) in [6, 6.07) is -0.436. The van der Waals surface area contributed by atoms with E-state index in [9.17, 15) is 18.0 Å². The van der Waals surface area contributed by atoms with Gasteiger partial charge in [-0.25, -0.2) is 0 Å². The van der Waals surface area contributed by atoms with Crippen molar-refractivity contribution in [2.24, 2.45) is 0 Å². The van der Waals surface area contributed by atoms with Crippen molar-refractivity contribution in [2.75, 3.05) is 13.1 Å². The van der Waals surface area contributed by atoms with Gasteiger partial charge >= 0.3 is 6.18 Å². The topological polar surface area (TPSA) is 61.4 Å². The highest BCUT2D eigenvalue weighted by Gasteiger charge is 2.38. The highest BCUT2D eigenvalue weighted by atomic mass is 19.4. The van der Waals surface area contributed by atoms with Crippen LogP contribution in [-0.4, -0.2) is 42.4 Å². The fraction of sp³-hybridized carbons (Fsp3) is 0.889. The molecular formula is C9H15F3N2O2. The van der Waals surface area contributed by atoms with Crippen molar-refractivity contribution >= 4 is 5.91 Å². The van der Waals surface area contributed by atoms with E-state index in [4.69, 9.17) is 5.11 Å². The highest BCUT2D eigenvalue weighted by molar-refractivity contribution is 5.81. The number of hydrogen-bond acceptors (Lipinski definition) is 3. The van der Waals surface area contributed by atoms with Gasteiger partial charge in [-0.05, 0) is 19.4 Å². The minimum atomic E-state index is -4.69. The normalized spacial score (nSPS) is 23.9. The average molecular weight is 240 g/mol. The molecule has 0 bridgehead atoms. The number of halogens is 3. The lowest BCUT2D eigenvalue weighted by atomic mass is 10.0. The zero-order chi connectivity index (χ0) is 12.2. The SMILES string of the molecule is O=C(NCC(O)C(F)(F)F)[C@@H]1CCCCN1. The van der Waals surface area contributed by atoms with Gasteiger partial charge in [0.25, 0.3) is 0 Å². The number of aliphatic hydroxyl groups is 1. The molecule has 0 aromatic rings. The molecule has 1 saturated heterocycles. The Labute approximate surface area is 91.2 Å². The second-order valence-electron chi connectivity index (χ2n) is 3.81. The van der Waals surface area contributed by atoms with Crippen LogP contribution in [0.2, 0.25) is 0 Å². The van der Waals surface area contributed by atoms with Gasteiger partial charge in [-0.15, -0.1) is 0 Å². The first-order chi connectivity index (χ1) is 7.41. The Morgan fingerprint density at radius 3 is 2.69 bits per heavy atom. The van der Waals surface area contributed by atoms with Crippen molar-refractivity contribution < 1.29 is 23.1 Å². The van der Waals surface area contributed by atoms with Crippen molar-refractivity contribution in [3.63, 3.8) is 0 Å². The van der Waals surface area contributed by atoms with Crippen LogP contribution in [0, 0.1) is 0 Å². The Kier molecular flexibility index (Phi) is 4.55. The van der Waals surface area contributed by atoms with Crippen molar-refractivity contribution in [2.45, 2.75) is 37.6 Å². The lowest BCUT2D eigenvalue weighted by Crippen LogP contribution is -2.50. The third-order valence-corrected chi connectivity index (χ3v) is 2.47. The molecule has 7 heteroatoms. The molecule has 0 aromatic carbocycles. The molecule has 4 nitrogen and oxygen atoms in total. The fourth-order valence-electron chi connectivity index (χ4n) is 1.51. The van der Waals surface area contributed by atoms with Crippen LogP contribution in [0.3, 0.4) is 0 Å². The first-order valence-electron chi connectivity index (χ1n) is 5.17. The monoisotopic (exact) mass is 240 g/mol. The molecule has 1 fully saturated rings. The largest absolute Gasteiger partial charge is 0.416 e. The van der Waals surface area contributed by atoms with E-state index in [2.05, 4.69) is 10.6 Å². The average Bonchev–Trinajstić information content (AvgIpc) is 2.25. The van der Waals surface area contributed by atoms with E-state index in [1.54, 1.807) is 0 Å². The van der Waals surface area contributed by atoms with E-state index in [1.165, 1.54) is 0 Å². The molecule has 1 heterocycles. The van der Waals surface area contributed by atoms with Gasteiger partial charge in [0, 0.05) is 0 Å². The molecule has 0 spiro atoms. The number of hydrogen-bond donors (Lipinski definition) is 3. The number of nitrogens with one attached hydrogen (secondary N) is 2. The molecule has 1 amide bonds. The second-order valence-corrected chi connectivity index (χ2v) is 3.81. The van der Waals surface area contributed by atoms with Gasteiger partial charge in [0.15, 0.2) is 6.10 Å². The van der Waals surface area contributed by atoms with Gasteiger partial charge in [-0.3, -0.25) is 4.79 Å². The molecule has 16 heavy (non-hydrogen) atoms. The summed E-state index contributed by atoms with van der Waals surface area (Å²) in [5.74, 6) is -0.483. The van der Waals surface area contributed by atoms with E-state index in [1.807, 2.05) is 0 Å². The summed E-state index contributed by atoms with van der Waals surface area (Å²) in [4.78, 5) is 11.4. The zero-order valence-corrected chi connectivity index (χ0v) is 8.68. The molecule has 1 unspecified atom stereocenters. The molecule has 0 radical (unpaired) electrons.